The van der Waals surface area contributed by atoms with Gasteiger partial charge in [0.25, 0.3) is 0 Å². The molecule has 0 spiro atoms. The maximum Gasteiger partial charge on any atom is 0.123 e. The fourth-order valence-corrected chi connectivity index (χ4v) is 0.982. The summed E-state index contributed by atoms with van der Waals surface area (Å²) in [6.07, 6.45) is 1.34. The molecule has 0 radical (unpaired) electrons. The molecule has 1 aromatic carbocycles. The summed E-state index contributed by atoms with van der Waals surface area (Å²) in [4.78, 5) is 0. The molecule has 0 N–H and O–H groups in total. The van der Waals surface area contributed by atoms with Gasteiger partial charge in [-0.05, 0) is 24.6 Å². The Morgan fingerprint density at radius 1 is 1.64 bits per heavy atom. The summed E-state index contributed by atoms with van der Waals surface area (Å²) >= 11 is 0. The highest BCUT2D eigenvalue weighted by Crippen LogP contribution is 2.14. The molecule has 0 fully saturated rings. The zero-order valence-electron chi connectivity index (χ0n) is 7.83. The zero-order valence-corrected chi connectivity index (χ0v) is 7.83. The lowest BCUT2D eigenvalue weighted by Crippen LogP contribution is -1.86. The van der Waals surface area contributed by atoms with E-state index in [1.807, 2.05) is 13.0 Å². The quantitative estimate of drug-likeness (QED) is 0.543. The van der Waals surface area contributed by atoms with Crippen LogP contribution in [0.25, 0.3) is 5.57 Å². The third-order valence-electron chi connectivity index (χ3n) is 1.62. The monoisotopic (exact) mass is 191 g/mol. The second kappa shape index (κ2) is 5.03. The molecular formula is C11H10FNO. The minimum atomic E-state index is -0.361. The zero-order chi connectivity index (χ0) is 10.4. The molecule has 0 saturated heterocycles. The average molecular weight is 191 g/mol. The van der Waals surface area contributed by atoms with E-state index in [9.17, 15) is 4.39 Å². The van der Waals surface area contributed by atoms with Gasteiger partial charge in [-0.15, -0.1) is 0 Å². The predicted octanol–water partition coefficient (Wildman–Crippen LogP) is 2.73. The van der Waals surface area contributed by atoms with Crippen LogP contribution >= 0.6 is 0 Å². The molecule has 0 aliphatic heterocycles. The SMILES string of the molecule is CCO/C=C(/C#N)c1cccc(F)c1. The second-order valence-electron chi connectivity index (χ2n) is 2.61. The van der Waals surface area contributed by atoms with Crippen LogP contribution in [0, 0.1) is 17.1 Å². The topological polar surface area (TPSA) is 33.0 Å². The summed E-state index contributed by atoms with van der Waals surface area (Å²) in [6, 6.07) is 7.80. The van der Waals surface area contributed by atoms with Crippen molar-refractivity contribution in [2.45, 2.75) is 6.92 Å². The van der Waals surface area contributed by atoms with Crippen molar-refractivity contribution in [1.82, 2.24) is 0 Å². The van der Waals surface area contributed by atoms with Crippen molar-refractivity contribution in [1.29, 1.82) is 5.26 Å². The van der Waals surface area contributed by atoms with Gasteiger partial charge < -0.3 is 4.74 Å². The molecule has 0 atom stereocenters. The first-order chi connectivity index (χ1) is 6.77. The first kappa shape index (κ1) is 10.3. The summed E-state index contributed by atoms with van der Waals surface area (Å²) in [5.74, 6) is -0.361. The largest absolute Gasteiger partial charge is 0.500 e. The van der Waals surface area contributed by atoms with Crippen LogP contribution in [-0.4, -0.2) is 6.61 Å². The lowest BCUT2D eigenvalue weighted by atomic mass is 10.1. The van der Waals surface area contributed by atoms with Gasteiger partial charge in [0.1, 0.15) is 18.1 Å². The van der Waals surface area contributed by atoms with Gasteiger partial charge in [0.15, 0.2) is 0 Å². The van der Waals surface area contributed by atoms with E-state index >= 15 is 0 Å². The van der Waals surface area contributed by atoms with Gasteiger partial charge in [-0.3, -0.25) is 0 Å². The van der Waals surface area contributed by atoms with Gasteiger partial charge in [-0.25, -0.2) is 4.39 Å². The van der Waals surface area contributed by atoms with E-state index in [4.69, 9.17) is 10.00 Å². The predicted molar refractivity (Wildman–Crippen MR) is 51.6 cm³/mol. The number of allylic oxidation sites excluding steroid dienone is 1. The molecule has 0 aliphatic rings. The number of halogens is 1. The fraction of sp³-hybridized carbons (Fsp3) is 0.182. The standard InChI is InChI=1S/C11H10FNO/c1-2-14-8-10(7-13)9-4-3-5-11(12)6-9/h3-6,8H,2H2,1H3/b10-8-. The van der Waals surface area contributed by atoms with Gasteiger partial charge in [0.2, 0.25) is 0 Å². The van der Waals surface area contributed by atoms with Crippen molar-refractivity contribution >= 4 is 5.57 Å². The van der Waals surface area contributed by atoms with Crippen LogP contribution in [0.15, 0.2) is 30.5 Å². The van der Waals surface area contributed by atoms with E-state index in [0.29, 0.717) is 17.7 Å². The molecule has 0 heterocycles. The van der Waals surface area contributed by atoms with E-state index in [0.717, 1.165) is 0 Å². The number of nitrogens with zero attached hydrogens (tertiary/aromatic N) is 1. The molecule has 0 aromatic heterocycles. The summed E-state index contributed by atoms with van der Waals surface area (Å²) in [6.45, 7) is 2.30. The summed E-state index contributed by atoms with van der Waals surface area (Å²) in [5.41, 5.74) is 0.854. The first-order valence-corrected chi connectivity index (χ1v) is 4.25. The van der Waals surface area contributed by atoms with Crippen molar-refractivity contribution in [3.8, 4) is 6.07 Å². The fourth-order valence-electron chi connectivity index (χ4n) is 0.982. The Hall–Kier alpha value is -1.82. The van der Waals surface area contributed by atoms with Crippen molar-refractivity contribution in [2.24, 2.45) is 0 Å². The van der Waals surface area contributed by atoms with E-state index in [1.165, 1.54) is 18.4 Å². The number of benzene rings is 1. The van der Waals surface area contributed by atoms with Crippen LogP contribution in [-0.2, 0) is 4.74 Å². The van der Waals surface area contributed by atoms with Crippen molar-refractivity contribution < 1.29 is 9.13 Å². The Labute approximate surface area is 82.2 Å². The Kier molecular flexibility index (Phi) is 3.69. The Morgan fingerprint density at radius 2 is 2.43 bits per heavy atom. The normalized spacial score (nSPS) is 10.8. The molecule has 1 aromatic rings. The number of ether oxygens (including phenoxy) is 1. The maximum atomic E-state index is 12.8. The number of rotatable bonds is 3. The minimum Gasteiger partial charge on any atom is -0.500 e. The van der Waals surface area contributed by atoms with Crippen LogP contribution in [0.5, 0.6) is 0 Å². The maximum absolute atomic E-state index is 12.8. The molecule has 2 nitrogen and oxygen atoms in total. The molecular weight excluding hydrogens is 181 g/mol. The van der Waals surface area contributed by atoms with Gasteiger partial charge in [-0.1, -0.05) is 12.1 Å². The summed E-state index contributed by atoms with van der Waals surface area (Å²) < 4.78 is 17.8. The molecule has 3 heteroatoms. The van der Waals surface area contributed by atoms with E-state index in [2.05, 4.69) is 0 Å². The van der Waals surface area contributed by atoms with Crippen molar-refractivity contribution in [3.05, 3.63) is 41.9 Å². The van der Waals surface area contributed by atoms with Crippen LogP contribution < -0.4 is 0 Å². The van der Waals surface area contributed by atoms with Crippen LogP contribution in [0.3, 0.4) is 0 Å². The summed E-state index contributed by atoms with van der Waals surface area (Å²) in [5, 5.41) is 8.78. The smallest absolute Gasteiger partial charge is 0.123 e. The van der Waals surface area contributed by atoms with Crippen molar-refractivity contribution in [3.63, 3.8) is 0 Å². The molecule has 72 valence electrons. The molecule has 0 saturated carbocycles. The van der Waals surface area contributed by atoms with Crippen LogP contribution in [0.2, 0.25) is 0 Å². The molecule has 0 bridgehead atoms. The Bertz CT molecular complexity index is 379. The van der Waals surface area contributed by atoms with Crippen molar-refractivity contribution in [2.75, 3.05) is 6.61 Å². The second-order valence-corrected chi connectivity index (χ2v) is 2.61. The van der Waals surface area contributed by atoms with Gasteiger partial charge in [0, 0.05) is 0 Å². The lowest BCUT2D eigenvalue weighted by Gasteiger charge is -1.99. The van der Waals surface area contributed by atoms with Crippen LogP contribution in [0.1, 0.15) is 12.5 Å². The minimum absolute atomic E-state index is 0.325. The van der Waals surface area contributed by atoms with E-state index < -0.39 is 0 Å². The van der Waals surface area contributed by atoms with E-state index in [-0.39, 0.29) is 5.82 Å². The van der Waals surface area contributed by atoms with E-state index in [1.54, 1.807) is 12.1 Å². The average Bonchev–Trinajstić information content (AvgIpc) is 2.19. The highest BCUT2D eigenvalue weighted by Gasteiger charge is 2.01. The molecule has 0 aliphatic carbocycles. The third-order valence-corrected chi connectivity index (χ3v) is 1.62. The number of hydrogen-bond donors (Lipinski definition) is 0. The van der Waals surface area contributed by atoms with Crippen LogP contribution in [0.4, 0.5) is 4.39 Å². The first-order valence-electron chi connectivity index (χ1n) is 4.25. The molecule has 0 amide bonds. The lowest BCUT2D eigenvalue weighted by molar-refractivity contribution is 0.271. The van der Waals surface area contributed by atoms with Gasteiger partial charge in [0.05, 0.1) is 12.2 Å². The van der Waals surface area contributed by atoms with Gasteiger partial charge in [-0.2, -0.15) is 5.26 Å². The highest BCUT2D eigenvalue weighted by molar-refractivity contribution is 5.75. The number of hydrogen-bond acceptors (Lipinski definition) is 2. The summed E-state index contributed by atoms with van der Waals surface area (Å²) in [7, 11) is 0. The Morgan fingerprint density at radius 3 is 3.00 bits per heavy atom. The Balaban J connectivity index is 2.96. The molecule has 0 unspecified atom stereocenters. The third kappa shape index (κ3) is 2.60. The molecule has 14 heavy (non-hydrogen) atoms. The molecule has 1 rings (SSSR count). The van der Waals surface area contributed by atoms with Gasteiger partial charge >= 0.3 is 0 Å². The number of nitriles is 1. The highest BCUT2D eigenvalue weighted by atomic mass is 19.1.